The zero-order valence-corrected chi connectivity index (χ0v) is 45.5. The molecule has 18 nitrogen and oxygen atoms in total. The van der Waals surface area contributed by atoms with Gasteiger partial charge in [-0.3, -0.25) is 48.3 Å². The van der Waals surface area contributed by atoms with Crippen LogP contribution in [-0.4, -0.2) is 61.8 Å². The van der Waals surface area contributed by atoms with Gasteiger partial charge in [0.05, 0.1) is 56.9 Å². The molecule has 0 bridgehead atoms. The van der Waals surface area contributed by atoms with Crippen molar-refractivity contribution >= 4 is 121 Å². The quantitative estimate of drug-likeness (QED) is 0.0864. The fourth-order valence-corrected chi connectivity index (χ4v) is 13.0. The number of anilines is 2. The predicted molar refractivity (Wildman–Crippen MR) is 335 cm³/mol. The minimum absolute atomic E-state index is 0.0888. The van der Waals surface area contributed by atoms with Crippen molar-refractivity contribution in [2.75, 3.05) is 9.80 Å². The number of hydrogen-bond donors (Lipinski definition) is 0. The largest absolute Gasteiger partial charge is 0.306 e. The summed E-state index contributed by atoms with van der Waals surface area (Å²) >= 11 is 0. The van der Waals surface area contributed by atoms with E-state index in [-0.39, 0.29) is 21.5 Å². The first-order chi connectivity index (χ1) is 43.0. The lowest BCUT2D eigenvalue weighted by molar-refractivity contribution is 0.0877. The standard InChI is InChI=1S/C42H20N4O4.C28H16N6O4/c47-39-31-9-5-27-29-7-11-33-38-34(42(50)46(41(33)49)26-4-2-22-14-16-44-20-24(22)18-26)12-8-30(36(29)38)28-6-10-32(37(31)35(27)28)40(48)45(39)25-3-1-21-13-15-43-19-23(21)17-25;35-25-21-13-23-24(28(38)34(27(23)37)20-7-3-18(4-8-20)32-12-10-30-16-32)14-22(21)26(36)33(25)19-5-1-17(2-6-19)31-11-9-29-15-31/h1-20H;1-16H. The van der Waals surface area contributed by atoms with Gasteiger partial charge in [-0.15, -0.1) is 0 Å². The Bertz CT molecular complexity index is 5440. The molecule has 0 N–H and O–H groups in total. The van der Waals surface area contributed by atoms with Gasteiger partial charge >= 0.3 is 0 Å². The number of carbonyl (C=O) groups excluding carboxylic acids is 4. The van der Waals surface area contributed by atoms with Gasteiger partial charge in [0, 0.05) is 105 Å². The Labute approximate surface area is 492 Å². The number of pyridine rings is 2. The van der Waals surface area contributed by atoms with Crippen molar-refractivity contribution in [1.82, 2.24) is 38.2 Å². The molecule has 0 unspecified atom stereocenters. The maximum Gasteiger partial charge on any atom is 0.266 e. The first kappa shape index (κ1) is 49.9. The topological polar surface area (TPSA) is 214 Å². The molecule has 0 radical (unpaired) electrons. The lowest BCUT2D eigenvalue weighted by Gasteiger charge is -2.30. The molecule has 0 aliphatic carbocycles. The van der Waals surface area contributed by atoms with Crippen LogP contribution in [-0.2, 0) is 0 Å². The number of imidazole rings is 2. The lowest BCUT2D eigenvalue weighted by Crippen LogP contribution is -2.40. The minimum atomic E-state index is -0.549. The van der Waals surface area contributed by atoms with Crippen LogP contribution < -0.4 is 32.0 Å². The molecule has 0 atom stereocenters. The van der Waals surface area contributed by atoms with E-state index in [1.54, 1.807) is 156 Å². The van der Waals surface area contributed by atoms with Crippen LogP contribution in [0.3, 0.4) is 0 Å². The minimum Gasteiger partial charge on any atom is -0.306 e. The number of fused-ring (bicyclic) bond motifs is 6. The monoisotopic (exact) mass is 1140 g/mol. The number of carbonyl (C=O) groups is 4. The van der Waals surface area contributed by atoms with E-state index >= 15 is 0 Å². The molecule has 18 heteroatoms. The Morgan fingerprint density at radius 2 is 0.591 bits per heavy atom. The van der Waals surface area contributed by atoms with Gasteiger partial charge < -0.3 is 9.13 Å². The summed E-state index contributed by atoms with van der Waals surface area (Å²) in [7, 11) is 0. The Hall–Kier alpha value is -12.7. The van der Waals surface area contributed by atoms with E-state index in [1.807, 2.05) is 60.7 Å². The fraction of sp³-hybridized carbons (Fsp3) is 0. The van der Waals surface area contributed by atoms with Crippen molar-refractivity contribution in [1.29, 1.82) is 0 Å². The van der Waals surface area contributed by atoms with E-state index in [0.29, 0.717) is 55.8 Å². The molecule has 0 fully saturated rings. The van der Waals surface area contributed by atoms with E-state index < -0.39 is 45.9 Å². The fourth-order valence-electron chi connectivity index (χ4n) is 13.0. The Morgan fingerprint density at radius 3 is 0.920 bits per heavy atom. The van der Waals surface area contributed by atoms with Crippen molar-refractivity contribution in [3.63, 3.8) is 0 Å². The number of nitrogens with zero attached hydrogens (tertiary/aromatic N) is 10. The van der Waals surface area contributed by atoms with E-state index in [0.717, 1.165) is 74.4 Å². The second-order valence-electron chi connectivity index (χ2n) is 21.7. The second kappa shape index (κ2) is 18.4. The summed E-state index contributed by atoms with van der Waals surface area (Å²) in [6.45, 7) is 0. The molecule has 10 aromatic carbocycles. The molecule has 2 aliphatic heterocycles. The third-order valence-electron chi connectivity index (χ3n) is 17.1. The van der Waals surface area contributed by atoms with Crippen LogP contribution in [0.2, 0.25) is 0 Å². The highest BCUT2D eigenvalue weighted by atomic mass is 16.2. The molecule has 0 saturated heterocycles. The van der Waals surface area contributed by atoms with Gasteiger partial charge in [-0.05, 0) is 164 Å². The van der Waals surface area contributed by atoms with Gasteiger partial charge in [0.15, 0.2) is 0 Å². The van der Waals surface area contributed by atoms with Crippen molar-refractivity contribution in [3.8, 4) is 22.7 Å². The first-order valence-electron chi connectivity index (χ1n) is 27.8. The molecule has 4 amide bonds. The molecule has 6 aromatic heterocycles. The van der Waals surface area contributed by atoms with Crippen LogP contribution >= 0.6 is 0 Å². The van der Waals surface area contributed by atoms with Gasteiger partial charge in [0.25, 0.3) is 45.9 Å². The second-order valence-corrected chi connectivity index (χ2v) is 21.7. The van der Waals surface area contributed by atoms with E-state index in [2.05, 4.69) is 19.9 Å². The van der Waals surface area contributed by atoms with Crippen LogP contribution in [0.5, 0.6) is 0 Å². The molecule has 16 aromatic rings. The lowest BCUT2D eigenvalue weighted by atomic mass is 9.82. The summed E-state index contributed by atoms with van der Waals surface area (Å²) in [5, 5.41) is 10.1. The van der Waals surface area contributed by atoms with Crippen molar-refractivity contribution < 1.29 is 19.2 Å². The van der Waals surface area contributed by atoms with Crippen molar-refractivity contribution in [2.45, 2.75) is 0 Å². The van der Waals surface area contributed by atoms with Crippen molar-refractivity contribution in [3.05, 3.63) is 284 Å². The molecular weight excluding hydrogens is 1110 g/mol. The summed E-state index contributed by atoms with van der Waals surface area (Å²) in [6.07, 6.45) is 17.0. The summed E-state index contributed by atoms with van der Waals surface area (Å²) in [5.74, 6) is -1.59. The van der Waals surface area contributed by atoms with E-state index in [4.69, 9.17) is 0 Å². The number of rotatable bonds is 6. The van der Waals surface area contributed by atoms with Gasteiger partial charge in [-0.25, -0.2) is 28.9 Å². The predicted octanol–water partition coefficient (Wildman–Crippen LogP) is 10.7. The van der Waals surface area contributed by atoms with Gasteiger partial charge in [-0.2, -0.15) is 0 Å². The summed E-state index contributed by atoms with van der Waals surface area (Å²) in [4.78, 5) is 129. The number of amides is 4. The van der Waals surface area contributed by atoms with Crippen LogP contribution in [0.4, 0.5) is 11.4 Å². The highest BCUT2D eigenvalue weighted by Gasteiger charge is 2.38. The number of hydrogen-bond acceptors (Lipinski definition) is 12. The number of benzene rings is 10. The number of aromatic nitrogens is 8. The Morgan fingerprint density at radius 1 is 0.261 bits per heavy atom. The highest BCUT2D eigenvalue weighted by molar-refractivity contribution is 6.45. The Kier molecular flexibility index (Phi) is 10.4. The zero-order chi connectivity index (χ0) is 59.4. The molecule has 18 rings (SSSR count). The average Bonchev–Trinajstić information content (AvgIpc) is 0.918. The van der Waals surface area contributed by atoms with Crippen LogP contribution in [0.15, 0.2) is 239 Å². The molecule has 0 saturated carbocycles. The molecule has 0 spiro atoms. The maximum absolute atomic E-state index is 14.1. The number of imide groups is 2. The zero-order valence-electron chi connectivity index (χ0n) is 45.5. The SMILES string of the molecule is O=C1c2ccc3c4ccc5c6c(ccc(c7ccc(c2c37)C(=O)N1c1ccc2ccncc2c1)c64)C(=O)N(c1ccc2ccncc2c1)C5=O.O=c1c2cc3c(=O)n(-c4ccc(-n5ccnc5)cc4)c(=O)c3cc2c(=O)n1-c1ccc(-n2ccnc2)cc1. The van der Waals surface area contributed by atoms with Gasteiger partial charge in [-0.1, -0.05) is 36.4 Å². The molecular formula is C70H36N10O8. The smallest absolute Gasteiger partial charge is 0.266 e. The third kappa shape index (κ3) is 7.04. The maximum atomic E-state index is 14.1. The van der Waals surface area contributed by atoms with E-state index in [9.17, 15) is 38.4 Å². The van der Waals surface area contributed by atoms with Gasteiger partial charge in [0.1, 0.15) is 0 Å². The Balaban J connectivity index is 0.000000142. The van der Waals surface area contributed by atoms with Crippen LogP contribution in [0.25, 0.3) is 109 Å². The average molecular weight is 1150 g/mol. The van der Waals surface area contributed by atoms with Crippen LogP contribution in [0.1, 0.15) is 41.4 Å². The summed E-state index contributed by atoms with van der Waals surface area (Å²) < 4.78 is 5.70. The molecule has 8 heterocycles. The highest BCUT2D eigenvalue weighted by Crippen LogP contribution is 2.47. The summed E-state index contributed by atoms with van der Waals surface area (Å²) in [6, 6.07) is 45.9. The third-order valence-corrected chi connectivity index (χ3v) is 17.1. The van der Waals surface area contributed by atoms with Crippen LogP contribution in [0, 0.1) is 0 Å². The van der Waals surface area contributed by atoms with Gasteiger partial charge in [0.2, 0.25) is 0 Å². The first-order valence-corrected chi connectivity index (χ1v) is 27.8. The van der Waals surface area contributed by atoms with E-state index in [1.165, 1.54) is 21.9 Å². The normalized spacial score (nSPS) is 13.2. The molecule has 414 valence electrons. The molecule has 88 heavy (non-hydrogen) atoms. The van der Waals surface area contributed by atoms with Crippen molar-refractivity contribution in [2.24, 2.45) is 0 Å². The molecule has 2 aliphatic rings. The summed E-state index contributed by atoms with van der Waals surface area (Å²) in [5.41, 5.74) is 2.91.